The number of nitrogens with zero attached hydrogens (tertiary/aromatic N) is 1. The van der Waals surface area contributed by atoms with Gasteiger partial charge in [0.25, 0.3) is 0 Å². The Morgan fingerprint density at radius 3 is 2.42 bits per heavy atom. The van der Waals surface area contributed by atoms with Gasteiger partial charge in [-0.15, -0.1) is 0 Å². The summed E-state index contributed by atoms with van der Waals surface area (Å²) in [5.41, 5.74) is 7.26. The molecule has 0 aliphatic carbocycles. The maximum Gasteiger partial charge on any atom is 0.0725 e. The van der Waals surface area contributed by atoms with Crippen molar-refractivity contribution in [3.63, 3.8) is 0 Å². The Balaban J connectivity index is 0.000000561. The molecular weight excluding hydrogens is 150 g/mol. The van der Waals surface area contributed by atoms with E-state index >= 15 is 0 Å². The van der Waals surface area contributed by atoms with Crippen LogP contribution < -0.4 is 11.6 Å². The van der Waals surface area contributed by atoms with E-state index in [0.29, 0.717) is 0 Å². The third-order valence-electron chi connectivity index (χ3n) is 1.34. The van der Waals surface area contributed by atoms with Crippen LogP contribution >= 0.6 is 0 Å². The van der Waals surface area contributed by atoms with Crippen molar-refractivity contribution in [3.05, 3.63) is 35.8 Å². The fourth-order valence-electron chi connectivity index (χ4n) is 0.774. The standard InChI is InChI=1S/C7H11N3.C2H6/c1-6-2-3-10(9)7(4-6)5-8;1-2/h2-5H,8-9H2,1H3;1-2H3/b7-5-;. The second-order valence-corrected chi connectivity index (χ2v) is 2.20. The normalized spacial score (nSPS) is 18.5. The van der Waals surface area contributed by atoms with Gasteiger partial charge in [0.15, 0.2) is 0 Å². The molecule has 12 heavy (non-hydrogen) atoms. The molecule has 1 rings (SSSR count). The predicted molar refractivity (Wildman–Crippen MR) is 52.5 cm³/mol. The van der Waals surface area contributed by atoms with Crippen LogP contribution in [0.3, 0.4) is 0 Å². The fourth-order valence-corrected chi connectivity index (χ4v) is 0.774. The summed E-state index contributed by atoms with van der Waals surface area (Å²) in [6.45, 7) is 5.99. The molecule has 1 aliphatic heterocycles. The number of hydrazine groups is 1. The first kappa shape index (κ1) is 10.8. The third-order valence-corrected chi connectivity index (χ3v) is 1.34. The van der Waals surface area contributed by atoms with Gasteiger partial charge in [-0.05, 0) is 24.6 Å². The van der Waals surface area contributed by atoms with Gasteiger partial charge in [-0.3, -0.25) is 5.01 Å². The first-order valence-corrected chi connectivity index (χ1v) is 4.06. The summed E-state index contributed by atoms with van der Waals surface area (Å²) in [6, 6.07) is 0. The van der Waals surface area contributed by atoms with Crippen molar-refractivity contribution >= 4 is 0 Å². The summed E-state index contributed by atoms with van der Waals surface area (Å²) in [7, 11) is 0. The SMILES string of the molecule is CC.CC1=C/C(=C/N)N(N)C=C1. The Morgan fingerprint density at radius 1 is 1.42 bits per heavy atom. The van der Waals surface area contributed by atoms with Crippen LogP contribution in [0.25, 0.3) is 0 Å². The minimum atomic E-state index is 0.819. The molecular formula is C9H17N3. The highest BCUT2D eigenvalue weighted by atomic mass is 15.4. The van der Waals surface area contributed by atoms with Crippen molar-refractivity contribution in [1.29, 1.82) is 0 Å². The zero-order chi connectivity index (χ0) is 9.56. The number of hydrogen-bond donors (Lipinski definition) is 2. The van der Waals surface area contributed by atoms with Crippen molar-refractivity contribution in [2.24, 2.45) is 11.6 Å². The van der Waals surface area contributed by atoms with Gasteiger partial charge in [-0.2, -0.15) is 0 Å². The number of allylic oxidation sites excluding steroid dienone is 3. The van der Waals surface area contributed by atoms with Crippen LogP contribution in [0.15, 0.2) is 35.8 Å². The molecule has 0 radical (unpaired) electrons. The lowest BCUT2D eigenvalue weighted by Crippen LogP contribution is -2.25. The smallest absolute Gasteiger partial charge is 0.0725 e. The summed E-state index contributed by atoms with van der Waals surface area (Å²) >= 11 is 0. The second-order valence-electron chi connectivity index (χ2n) is 2.20. The van der Waals surface area contributed by atoms with E-state index in [4.69, 9.17) is 11.6 Å². The summed E-state index contributed by atoms with van der Waals surface area (Å²) in [4.78, 5) is 0. The molecule has 0 atom stereocenters. The van der Waals surface area contributed by atoms with Gasteiger partial charge in [-0.1, -0.05) is 13.8 Å². The van der Waals surface area contributed by atoms with E-state index in [2.05, 4.69) is 0 Å². The van der Waals surface area contributed by atoms with Gasteiger partial charge >= 0.3 is 0 Å². The van der Waals surface area contributed by atoms with E-state index in [1.165, 1.54) is 11.2 Å². The predicted octanol–water partition coefficient (Wildman–Crippen LogP) is 1.46. The van der Waals surface area contributed by atoms with Crippen LogP contribution in [0, 0.1) is 0 Å². The quantitative estimate of drug-likeness (QED) is 0.537. The average molecular weight is 167 g/mol. The van der Waals surface area contributed by atoms with Crippen LogP contribution in [-0.2, 0) is 0 Å². The minimum absolute atomic E-state index is 0.819. The maximum atomic E-state index is 5.51. The van der Waals surface area contributed by atoms with Gasteiger partial charge in [0, 0.05) is 12.4 Å². The molecule has 0 aromatic carbocycles. The summed E-state index contributed by atoms with van der Waals surface area (Å²) in [5.74, 6) is 5.51. The van der Waals surface area contributed by atoms with E-state index in [0.717, 1.165) is 11.3 Å². The van der Waals surface area contributed by atoms with E-state index < -0.39 is 0 Å². The van der Waals surface area contributed by atoms with Crippen LogP contribution in [0.4, 0.5) is 0 Å². The Labute approximate surface area is 74.0 Å². The van der Waals surface area contributed by atoms with E-state index in [1.54, 1.807) is 6.20 Å². The van der Waals surface area contributed by atoms with Crippen molar-refractivity contribution in [3.8, 4) is 0 Å². The monoisotopic (exact) mass is 167 g/mol. The molecule has 0 saturated heterocycles. The van der Waals surface area contributed by atoms with Crippen molar-refractivity contribution < 1.29 is 0 Å². The molecule has 1 heterocycles. The summed E-state index contributed by atoms with van der Waals surface area (Å²) in [5, 5.41) is 1.48. The number of nitrogens with two attached hydrogens (primary N) is 2. The Hall–Kier alpha value is -1.22. The van der Waals surface area contributed by atoms with Crippen molar-refractivity contribution in [1.82, 2.24) is 5.01 Å². The highest BCUT2D eigenvalue weighted by molar-refractivity contribution is 5.32. The third kappa shape index (κ3) is 2.80. The fraction of sp³-hybridized carbons (Fsp3) is 0.333. The first-order chi connectivity index (χ1) is 5.74. The molecule has 3 heteroatoms. The largest absolute Gasteiger partial charge is 0.403 e. The van der Waals surface area contributed by atoms with Gasteiger partial charge in [0.2, 0.25) is 0 Å². The Morgan fingerprint density at radius 2 is 2.00 bits per heavy atom. The molecule has 0 unspecified atom stereocenters. The topological polar surface area (TPSA) is 55.3 Å². The number of rotatable bonds is 0. The second kappa shape index (κ2) is 5.43. The van der Waals surface area contributed by atoms with Crippen LogP contribution in [0.1, 0.15) is 20.8 Å². The van der Waals surface area contributed by atoms with Crippen LogP contribution in [0.2, 0.25) is 0 Å². The zero-order valence-electron chi connectivity index (χ0n) is 7.91. The lowest BCUT2D eigenvalue weighted by Gasteiger charge is -2.17. The molecule has 0 aromatic heterocycles. The van der Waals surface area contributed by atoms with Gasteiger partial charge < -0.3 is 5.73 Å². The Kier molecular flexibility index (Phi) is 4.88. The molecule has 4 N–H and O–H groups in total. The molecule has 3 nitrogen and oxygen atoms in total. The molecule has 0 aromatic rings. The van der Waals surface area contributed by atoms with Crippen molar-refractivity contribution in [2.75, 3.05) is 0 Å². The summed E-state index contributed by atoms with van der Waals surface area (Å²) < 4.78 is 0. The van der Waals surface area contributed by atoms with Crippen molar-refractivity contribution in [2.45, 2.75) is 20.8 Å². The van der Waals surface area contributed by atoms with E-state index in [9.17, 15) is 0 Å². The number of hydrogen-bond acceptors (Lipinski definition) is 3. The van der Waals surface area contributed by atoms with Gasteiger partial charge in [-0.25, -0.2) is 5.84 Å². The Bertz CT molecular complexity index is 214. The van der Waals surface area contributed by atoms with E-state index in [-0.39, 0.29) is 0 Å². The molecule has 0 amide bonds. The molecule has 0 saturated carbocycles. The molecule has 0 fully saturated rings. The summed E-state index contributed by atoms with van der Waals surface area (Å²) in [6.07, 6.45) is 7.09. The zero-order valence-corrected chi connectivity index (χ0v) is 7.91. The lowest BCUT2D eigenvalue weighted by molar-refractivity contribution is 0.501. The maximum absolute atomic E-state index is 5.51. The molecule has 0 bridgehead atoms. The highest BCUT2D eigenvalue weighted by Crippen LogP contribution is 2.11. The molecule has 0 spiro atoms. The highest BCUT2D eigenvalue weighted by Gasteiger charge is 2.01. The minimum Gasteiger partial charge on any atom is -0.403 e. The molecule has 68 valence electrons. The molecule has 1 aliphatic rings. The first-order valence-electron chi connectivity index (χ1n) is 4.06. The lowest BCUT2D eigenvalue weighted by atomic mass is 10.2. The van der Waals surface area contributed by atoms with E-state index in [1.807, 2.05) is 32.9 Å². The van der Waals surface area contributed by atoms with Gasteiger partial charge in [0.1, 0.15) is 0 Å². The van der Waals surface area contributed by atoms with Gasteiger partial charge in [0.05, 0.1) is 5.70 Å². The average Bonchev–Trinajstić information content (AvgIpc) is 2.13. The van der Waals surface area contributed by atoms with Crippen LogP contribution in [0.5, 0.6) is 0 Å². The van der Waals surface area contributed by atoms with Crippen LogP contribution in [-0.4, -0.2) is 5.01 Å².